The van der Waals surface area contributed by atoms with E-state index < -0.39 is 0 Å². The second-order valence-electron chi connectivity index (χ2n) is 8.94. The van der Waals surface area contributed by atoms with Crippen molar-refractivity contribution in [2.45, 2.75) is 13.0 Å². The molecule has 1 fully saturated rings. The zero-order chi connectivity index (χ0) is 22.5. The van der Waals surface area contributed by atoms with Crippen LogP contribution in [0.2, 0.25) is 0 Å². The Morgan fingerprint density at radius 1 is 1.09 bits per heavy atom. The normalized spacial score (nSPS) is 15.6. The van der Waals surface area contributed by atoms with Crippen LogP contribution in [0.4, 0.5) is 0 Å². The molecule has 0 unspecified atom stereocenters. The third kappa shape index (κ3) is 5.38. The van der Waals surface area contributed by atoms with Crippen molar-refractivity contribution < 1.29 is 4.79 Å². The molecule has 1 saturated heterocycles. The maximum atomic E-state index is 13.0. The molecule has 4 heterocycles. The van der Waals surface area contributed by atoms with E-state index in [1.165, 1.54) is 0 Å². The summed E-state index contributed by atoms with van der Waals surface area (Å²) < 4.78 is 4.17. The highest BCUT2D eigenvalue weighted by Crippen LogP contribution is 2.23. The molecule has 0 radical (unpaired) electrons. The van der Waals surface area contributed by atoms with Gasteiger partial charge in [-0.15, -0.1) is 0 Å². The van der Waals surface area contributed by atoms with Crippen molar-refractivity contribution in [1.82, 2.24) is 34.0 Å². The number of piperazine rings is 1. The van der Waals surface area contributed by atoms with Crippen LogP contribution < -0.4 is 5.32 Å². The van der Waals surface area contributed by atoms with E-state index in [9.17, 15) is 4.79 Å². The van der Waals surface area contributed by atoms with Gasteiger partial charge < -0.3 is 24.6 Å². The number of nitrogens with one attached hydrogen (secondary N) is 1. The summed E-state index contributed by atoms with van der Waals surface area (Å²) in [6, 6.07) is 7.94. The highest BCUT2D eigenvalue weighted by Gasteiger charge is 2.19. The van der Waals surface area contributed by atoms with E-state index >= 15 is 0 Å². The number of rotatable bonds is 9. The van der Waals surface area contributed by atoms with Gasteiger partial charge >= 0.3 is 0 Å². The fraction of sp³-hybridized carbons (Fsp3) is 0.500. The summed E-state index contributed by atoms with van der Waals surface area (Å²) in [4.78, 5) is 24.7. The minimum absolute atomic E-state index is 0.106. The van der Waals surface area contributed by atoms with Crippen molar-refractivity contribution in [3.05, 3.63) is 48.5 Å². The van der Waals surface area contributed by atoms with Gasteiger partial charge in [-0.25, -0.2) is 4.98 Å². The number of fused-ring (bicyclic) bond motifs is 1. The summed E-state index contributed by atoms with van der Waals surface area (Å²) in [7, 11) is 6.31. The first-order valence-corrected chi connectivity index (χ1v) is 11.5. The third-order valence-electron chi connectivity index (χ3n) is 6.11. The molecule has 0 bridgehead atoms. The molecule has 1 aliphatic heterocycles. The lowest BCUT2D eigenvalue weighted by Crippen LogP contribution is -2.45. The van der Waals surface area contributed by atoms with Gasteiger partial charge in [-0.2, -0.15) is 0 Å². The maximum Gasteiger partial charge on any atom is 0.272 e. The van der Waals surface area contributed by atoms with Gasteiger partial charge in [0.1, 0.15) is 5.82 Å². The van der Waals surface area contributed by atoms with Crippen molar-refractivity contribution >= 4 is 11.4 Å². The molecule has 3 aromatic rings. The van der Waals surface area contributed by atoms with Gasteiger partial charge in [0.05, 0.1) is 5.52 Å². The summed E-state index contributed by atoms with van der Waals surface area (Å²) in [5.74, 6) is 0.692. The summed E-state index contributed by atoms with van der Waals surface area (Å²) in [6.45, 7) is 8.01. The summed E-state index contributed by atoms with van der Waals surface area (Å²) in [5, 5.41) is 3.08. The predicted octanol–water partition coefficient (Wildman–Crippen LogP) is 1.73. The fourth-order valence-electron chi connectivity index (χ4n) is 4.10. The molecule has 8 heteroatoms. The molecule has 0 aromatic carbocycles. The van der Waals surface area contributed by atoms with E-state index in [1.807, 2.05) is 28.8 Å². The van der Waals surface area contributed by atoms with E-state index in [0.29, 0.717) is 12.2 Å². The molecule has 0 atom stereocenters. The van der Waals surface area contributed by atoms with E-state index in [2.05, 4.69) is 64.2 Å². The Kier molecular flexibility index (Phi) is 7.24. The average molecular weight is 438 g/mol. The summed E-state index contributed by atoms with van der Waals surface area (Å²) in [6.07, 6.45) is 7.09. The number of nitrogens with zero attached hydrogens (tertiary/aromatic N) is 6. The molecule has 0 saturated carbocycles. The number of carbonyl (C=O) groups excluding carboxylic acids is 1. The fourth-order valence-corrected chi connectivity index (χ4v) is 4.10. The number of amides is 1. The zero-order valence-corrected chi connectivity index (χ0v) is 19.5. The average Bonchev–Trinajstić information content (AvgIpc) is 3.41. The van der Waals surface area contributed by atoms with Crippen LogP contribution in [0, 0.1) is 0 Å². The SMILES string of the molecule is CN(C)CCn1ccc(-c2nc(C(=O)NCCCN3CCN(C)CC3)c3ccccn23)c1. The third-order valence-corrected chi connectivity index (χ3v) is 6.11. The monoisotopic (exact) mass is 437 g/mol. The van der Waals surface area contributed by atoms with Crippen molar-refractivity contribution in [2.75, 3.05) is 67.0 Å². The summed E-state index contributed by atoms with van der Waals surface area (Å²) in [5.41, 5.74) is 2.33. The molecule has 8 nitrogen and oxygen atoms in total. The lowest BCUT2D eigenvalue weighted by Gasteiger charge is -2.32. The molecule has 172 valence electrons. The standard InChI is InChI=1S/C24H35N7O/c1-27(2)13-16-30-12-8-20(19-30)23-26-22(21-7-4-5-11-31(21)23)24(32)25-9-6-10-29-17-14-28(3)15-18-29/h4-5,7-8,11-12,19H,6,9-10,13-18H2,1-3H3,(H,25,32). The lowest BCUT2D eigenvalue weighted by atomic mass is 10.3. The highest BCUT2D eigenvalue weighted by molar-refractivity contribution is 6.00. The van der Waals surface area contributed by atoms with Crippen LogP contribution in [0.25, 0.3) is 16.9 Å². The molecule has 4 rings (SSSR count). The van der Waals surface area contributed by atoms with Crippen molar-refractivity contribution in [1.29, 1.82) is 0 Å². The molecule has 1 aliphatic rings. The van der Waals surface area contributed by atoms with Crippen LogP contribution in [0.1, 0.15) is 16.9 Å². The van der Waals surface area contributed by atoms with Crippen molar-refractivity contribution in [2.24, 2.45) is 0 Å². The number of aromatic nitrogens is 3. The van der Waals surface area contributed by atoms with Gasteiger partial charge in [-0.3, -0.25) is 9.20 Å². The zero-order valence-electron chi connectivity index (χ0n) is 19.5. The van der Waals surface area contributed by atoms with E-state index in [-0.39, 0.29) is 5.91 Å². The van der Waals surface area contributed by atoms with E-state index in [1.54, 1.807) is 0 Å². The quantitative estimate of drug-likeness (QED) is 0.517. The Labute approximate surface area is 190 Å². The van der Waals surface area contributed by atoms with E-state index in [0.717, 1.165) is 69.1 Å². The Morgan fingerprint density at radius 3 is 2.69 bits per heavy atom. The van der Waals surface area contributed by atoms with Gasteiger partial charge in [-0.05, 0) is 52.3 Å². The first-order valence-electron chi connectivity index (χ1n) is 11.5. The Morgan fingerprint density at radius 2 is 1.91 bits per heavy atom. The molecule has 0 aliphatic carbocycles. The highest BCUT2D eigenvalue weighted by atomic mass is 16.1. The molecular weight excluding hydrogens is 402 g/mol. The largest absolute Gasteiger partial charge is 0.352 e. The number of hydrogen-bond acceptors (Lipinski definition) is 5. The molecular formula is C24H35N7O. The predicted molar refractivity (Wildman–Crippen MR) is 128 cm³/mol. The number of carbonyl (C=O) groups is 1. The number of pyridine rings is 1. The number of likely N-dealkylation sites (N-methyl/N-ethyl adjacent to an activating group) is 2. The van der Waals surface area contributed by atoms with Crippen molar-refractivity contribution in [3.63, 3.8) is 0 Å². The molecule has 0 spiro atoms. The van der Waals surface area contributed by atoms with Crippen LogP contribution in [0.3, 0.4) is 0 Å². The van der Waals surface area contributed by atoms with Crippen LogP contribution in [-0.2, 0) is 6.54 Å². The van der Waals surface area contributed by atoms with E-state index in [4.69, 9.17) is 4.98 Å². The number of imidazole rings is 1. The number of hydrogen-bond donors (Lipinski definition) is 1. The molecule has 1 amide bonds. The first-order chi connectivity index (χ1) is 15.5. The molecule has 1 N–H and O–H groups in total. The van der Waals surface area contributed by atoms with Gasteiger partial charge in [0, 0.05) is 70.0 Å². The molecule has 32 heavy (non-hydrogen) atoms. The van der Waals surface area contributed by atoms with Gasteiger partial charge in [0.15, 0.2) is 5.69 Å². The Bertz CT molecular complexity index is 1030. The van der Waals surface area contributed by atoms with Crippen LogP contribution in [-0.4, -0.2) is 102 Å². The summed E-state index contributed by atoms with van der Waals surface area (Å²) >= 11 is 0. The van der Waals surface area contributed by atoms with Gasteiger partial charge in [0.2, 0.25) is 0 Å². The van der Waals surface area contributed by atoms with Crippen LogP contribution in [0.5, 0.6) is 0 Å². The van der Waals surface area contributed by atoms with Crippen LogP contribution in [0.15, 0.2) is 42.9 Å². The van der Waals surface area contributed by atoms with Gasteiger partial charge in [0.25, 0.3) is 5.91 Å². The maximum absolute atomic E-state index is 13.0. The lowest BCUT2D eigenvalue weighted by molar-refractivity contribution is 0.0946. The second kappa shape index (κ2) is 10.3. The smallest absolute Gasteiger partial charge is 0.272 e. The van der Waals surface area contributed by atoms with Crippen molar-refractivity contribution in [3.8, 4) is 11.4 Å². The Hall–Kier alpha value is -2.68. The van der Waals surface area contributed by atoms with Gasteiger partial charge in [-0.1, -0.05) is 6.07 Å². The minimum Gasteiger partial charge on any atom is -0.352 e. The Balaban J connectivity index is 1.41. The second-order valence-corrected chi connectivity index (χ2v) is 8.94. The first kappa shape index (κ1) is 22.5. The molecule has 3 aromatic heterocycles. The van der Waals surface area contributed by atoms with Crippen LogP contribution >= 0.6 is 0 Å². The minimum atomic E-state index is -0.106. The topological polar surface area (TPSA) is 61.1 Å².